The molecule has 2 aromatic carbocycles. The smallest absolute Gasteiger partial charge is 0.0955 e. The third kappa shape index (κ3) is 5.13. The summed E-state index contributed by atoms with van der Waals surface area (Å²) in [5.41, 5.74) is 2.18. The fourth-order valence-electron chi connectivity index (χ4n) is 3.35. The van der Waals surface area contributed by atoms with E-state index in [-0.39, 0.29) is 12.1 Å². The van der Waals surface area contributed by atoms with Crippen molar-refractivity contribution >= 4 is 0 Å². The lowest BCUT2D eigenvalue weighted by molar-refractivity contribution is 0.0188. The molecule has 134 valence electrons. The molecule has 0 amide bonds. The number of rotatable bonds is 7. The molecular formula is C21H28N2O2. The van der Waals surface area contributed by atoms with Gasteiger partial charge in [-0.3, -0.25) is 4.90 Å². The number of morpholine rings is 1. The van der Waals surface area contributed by atoms with Crippen LogP contribution in [0.4, 0.5) is 0 Å². The van der Waals surface area contributed by atoms with E-state index in [0.29, 0.717) is 0 Å². The van der Waals surface area contributed by atoms with Gasteiger partial charge in [-0.15, -0.1) is 0 Å². The maximum absolute atomic E-state index is 11.0. The van der Waals surface area contributed by atoms with Crippen LogP contribution in [0.5, 0.6) is 0 Å². The molecule has 2 aromatic rings. The summed E-state index contributed by atoms with van der Waals surface area (Å²) in [5, 5.41) is 14.6. The number of nitrogens with zero attached hydrogens (tertiary/aromatic N) is 1. The van der Waals surface area contributed by atoms with Gasteiger partial charge in [-0.1, -0.05) is 60.7 Å². The van der Waals surface area contributed by atoms with Gasteiger partial charge in [0, 0.05) is 25.7 Å². The Labute approximate surface area is 150 Å². The van der Waals surface area contributed by atoms with Crippen molar-refractivity contribution in [1.29, 1.82) is 0 Å². The molecule has 0 spiro atoms. The van der Waals surface area contributed by atoms with Crippen molar-refractivity contribution in [2.75, 3.05) is 32.8 Å². The largest absolute Gasteiger partial charge is 0.387 e. The Morgan fingerprint density at radius 1 is 0.960 bits per heavy atom. The minimum atomic E-state index is -0.546. The third-order valence-electron chi connectivity index (χ3n) is 4.84. The van der Waals surface area contributed by atoms with Crippen molar-refractivity contribution in [3.63, 3.8) is 0 Å². The first-order chi connectivity index (χ1) is 12.2. The summed E-state index contributed by atoms with van der Waals surface area (Å²) < 4.78 is 5.45. The van der Waals surface area contributed by atoms with E-state index < -0.39 is 6.10 Å². The van der Waals surface area contributed by atoms with E-state index in [1.54, 1.807) is 0 Å². The van der Waals surface area contributed by atoms with E-state index in [9.17, 15) is 5.11 Å². The minimum absolute atomic E-state index is 0.0456. The number of aliphatic hydroxyl groups excluding tert-OH is 1. The Bertz CT molecular complexity index is 614. The number of hydrogen-bond acceptors (Lipinski definition) is 4. The molecule has 0 aliphatic carbocycles. The van der Waals surface area contributed by atoms with Crippen molar-refractivity contribution in [2.45, 2.75) is 25.1 Å². The standard InChI is InChI=1S/C21H28N2O2/c1-17(18-8-4-2-5-9-18)22-20(16-23-12-14-25-15-13-23)21(24)19-10-6-3-7-11-19/h2-11,17,20-22,24H,12-16H2,1H3/t17-,20+,21+/m0/s1. The van der Waals surface area contributed by atoms with Gasteiger partial charge in [0.1, 0.15) is 0 Å². The van der Waals surface area contributed by atoms with E-state index in [2.05, 4.69) is 41.4 Å². The van der Waals surface area contributed by atoms with Crippen LogP contribution < -0.4 is 5.32 Å². The summed E-state index contributed by atoms with van der Waals surface area (Å²) in [5.74, 6) is 0. The number of aliphatic hydroxyl groups is 1. The summed E-state index contributed by atoms with van der Waals surface area (Å²) in [4.78, 5) is 2.37. The fraction of sp³-hybridized carbons (Fsp3) is 0.429. The number of ether oxygens (including phenoxy) is 1. The first-order valence-electron chi connectivity index (χ1n) is 9.08. The molecule has 2 N–H and O–H groups in total. The van der Waals surface area contributed by atoms with Crippen LogP contribution in [0, 0.1) is 0 Å². The Balaban J connectivity index is 1.73. The van der Waals surface area contributed by atoms with E-state index in [1.807, 2.05) is 36.4 Å². The summed E-state index contributed by atoms with van der Waals surface area (Å²) in [6.45, 7) is 6.32. The van der Waals surface area contributed by atoms with Crippen LogP contribution in [0.25, 0.3) is 0 Å². The molecule has 25 heavy (non-hydrogen) atoms. The lowest BCUT2D eigenvalue weighted by atomic mass is 9.99. The zero-order valence-corrected chi connectivity index (χ0v) is 14.8. The predicted molar refractivity (Wildman–Crippen MR) is 100 cm³/mol. The molecule has 0 radical (unpaired) electrons. The Kier molecular flexibility index (Phi) is 6.59. The SMILES string of the molecule is C[C@H](N[C@H](CN1CCOCC1)[C@H](O)c1ccccc1)c1ccccc1. The lowest BCUT2D eigenvalue weighted by Gasteiger charge is -2.34. The summed E-state index contributed by atoms with van der Waals surface area (Å²) in [7, 11) is 0. The van der Waals surface area contributed by atoms with Gasteiger partial charge in [0.15, 0.2) is 0 Å². The molecule has 4 heteroatoms. The summed E-state index contributed by atoms with van der Waals surface area (Å²) in [6.07, 6.45) is -0.546. The number of nitrogens with one attached hydrogen (secondary N) is 1. The van der Waals surface area contributed by atoms with Gasteiger partial charge >= 0.3 is 0 Å². The highest BCUT2D eigenvalue weighted by Gasteiger charge is 2.26. The zero-order chi connectivity index (χ0) is 17.5. The second-order valence-corrected chi connectivity index (χ2v) is 6.67. The normalized spacial score (nSPS) is 19.3. The Morgan fingerprint density at radius 2 is 1.52 bits per heavy atom. The molecule has 0 saturated carbocycles. The van der Waals surface area contributed by atoms with Crippen LogP contribution in [0.15, 0.2) is 60.7 Å². The molecule has 4 nitrogen and oxygen atoms in total. The van der Waals surface area contributed by atoms with Crippen molar-refractivity contribution in [2.24, 2.45) is 0 Å². The van der Waals surface area contributed by atoms with Crippen LogP contribution in [0.3, 0.4) is 0 Å². The predicted octanol–water partition coefficient (Wildman–Crippen LogP) is 2.77. The van der Waals surface area contributed by atoms with Gasteiger partial charge in [-0.2, -0.15) is 0 Å². The first kappa shape index (κ1) is 18.1. The van der Waals surface area contributed by atoms with Crippen LogP contribution in [0.1, 0.15) is 30.2 Å². The molecule has 0 unspecified atom stereocenters. The monoisotopic (exact) mass is 340 g/mol. The van der Waals surface area contributed by atoms with Crippen LogP contribution in [0.2, 0.25) is 0 Å². The maximum Gasteiger partial charge on any atom is 0.0955 e. The molecule has 0 aromatic heterocycles. The van der Waals surface area contributed by atoms with Gasteiger partial charge < -0.3 is 15.2 Å². The molecule has 3 atom stereocenters. The molecule has 1 aliphatic rings. The highest BCUT2D eigenvalue weighted by Crippen LogP contribution is 2.21. The van der Waals surface area contributed by atoms with Crippen molar-refractivity contribution in [1.82, 2.24) is 10.2 Å². The average Bonchev–Trinajstić information content (AvgIpc) is 2.69. The van der Waals surface area contributed by atoms with E-state index in [1.165, 1.54) is 5.56 Å². The summed E-state index contributed by atoms with van der Waals surface area (Å²) >= 11 is 0. The average molecular weight is 340 g/mol. The van der Waals surface area contributed by atoms with Gasteiger partial charge in [0.25, 0.3) is 0 Å². The van der Waals surface area contributed by atoms with Crippen LogP contribution >= 0.6 is 0 Å². The van der Waals surface area contributed by atoms with Gasteiger partial charge in [0.05, 0.1) is 25.4 Å². The molecule has 3 rings (SSSR count). The molecule has 1 fully saturated rings. The number of benzene rings is 2. The topological polar surface area (TPSA) is 44.7 Å². The van der Waals surface area contributed by atoms with E-state index in [0.717, 1.165) is 38.4 Å². The van der Waals surface area contributed by atoms with Gasteiger partial charge in [0.2, 0.25) is 0 Å². The van der Waals surface area contributed by atoms with Crippen LogP contribution in [-0.4, -0.2) is 48.9 Å². The Morgan fingerprint density at radius 3 is 2.12 bits per heavy atom. The summed E-state index contributed by atoms with van der Waals surface area (Å²) in [6, 6.07) is 20.4. The molecule has 1 saturated heterocycles. The van der Waals surface area contributed by atoms with Crippen LogP contribution in [-0.2, 0) is 4.74 Å². The zero-order valence-electron chi connectivity index (χ0n) is 14.8. The quantitative estimate of drug-likeness (QED) is 0.813. The molecular weight excluding hydrogens is 312 g/mol. The van der Waals surface area contributed by atoms with Crippen molar-refractivity contribution < 1.29 is 9.84 Å². The minimum Gasteiger partial charge on any atom is -0.387 e. The van der Waals surface area contributed by atoms with Crippen molar-refractivity contribution in [3.8, 4) is 0 Å². The second kappa shape index (κ2) is 9.11. The highest BCUT2D eigenvalue weighted by atomic mass is 16.5. The Hall–Kier alpha value is -1.72. The molecule has 0 bridgehead atoms. The van der Waals surface area contributed by atoms with E-state index in [4.69, 9.17) is 4.74 Å². The van der Waals surface area contributed by atoms with E-state index >= 15 is 0 Å². The molecule has 1 aliphatic heterocycles. The van der Waals surface area contributed by atoms with Crippen molar-refractivity contribution in [3.05, 3.63) is 71.8 Å². The molecule has 1 heterocycles. The van der Waals surface area contributed by atoms with Gasteiger partial charge in [-0.25, -0.2) is 0 Å². The first-order valence-corrected chi connectivity index (χ1v) is 9.08. The van der Waals surface area contributed by atoms with Gasteiger partial charge in [-0.05, 0) is 18.1 Å². The lowest BCUT2D eigenvalue weighted by Crippen LogP contribution is -2.48. The highest BCUT2D eigenvalue weighted by molar-refractivity contribution is 5.21. The third-order valence-corrected chi connectivity index (χ3v) is 4.84. The second-order valence-electron chi connectivity index (χ2n) is 6.67. The fourth-order valence-corrected chi connectivity index (χ4v) is 3.35. The maximum atomic E-state index is 11.0. The number of hydrogen-bond donors (Lipinski definition) is 2.